The maximum atomic E-state index is 15.8. The highest BCUT2D eigenvalue weighted by molar-refractivity contribution is 7.80. The highest BCUT2D eigenvalue weighted by Gasteiger charge is 2.43. The molecule has 0 atom stereocenters. The molecule has 3 aliphatic heterocycles. The average Bonchev–Trinajstić information content (AvgIpc) is 3.44. The summed E-state index contributed by atoms with van der Waals surface area (Å²) in [5.74, 6) is 0. The lowest BCUT2D eigenvalue weighted by atomic mass is 9.73. The summed E-state index contributed by atoms with van der Waals surface area (Å²) >= 11 is 0. The molecule has 0 saturated heterocycles. The normalized spacial score (nSPS) is 16.5. The van der Waals surface area contributed by atoms with Crippen LogP contribution >= 0.6 is 7.14 Å². The van der Waals surface area contributed by atoms with Crippen LogP contribution in [0.15, 0.2) is 158 Å². The van der Waals surface area contributed by atoms with E-state index in [1.165, 1.54) is 45.0 Å². The molecular weight excluding hydrogens is 688 g/mol. The van der Waals surface area contributed by atoms with Crippen LogP contribution in [-0.2, 0) is 15.4 Å². The molecule has 0 fully saturated rings. The van der Waals surface area contributed by atoms with E-state index in [1.54, 1.807) is 0 Å². The molecular formula is C51H41N2OP. The van der Waals surface area contributed by atoms with Gasteiger partial charge in [0.05, 0.1) is 34.1 Å². The van der Waals surface area contributed by atoms with Crippen LogP contribution < -0.4 is 20.4 Å². The van der Waals surface area contributed by atoms with Crippen molar-refractivity contribution in [3.8, 4) is 11.1 Å². The van der Waals surface area contributed by atoms with Crippen molar-refractivity contribution in [3.05, 3.63) is 180 Å². The van der Waals surface area contributed by atoms with Crippen LogP contribution in [0.1, 0.15) is 49.9 Å². The SMILES string of the molecule is CC1(C)c2ccccc2N(c2cc3c(c4ccccc24)P(C)(=O)c2c-3cc(N3c4ccccc4C(C)(C)c4ccccc43)c3ccccc23)c2ccccc21. The summed E-state index contributed by atoms with van der Waals surface area (Å²) in [4.78, 5) is 4.91. The molecule has 3 heterocycles. The Balaban J connectivity index is 1.25. The zero-order valence-corrected chi connectivity index (χ0v) is 32.7. The molecule has 0 unspecified atom stereocenters. The second-order valence-corrected chi connectivity index (χ2v) is 19.3. The quantitative estimate of drug-likeness (QED) is 0.166. The molecule has 55 heavy (non-hydrogen) atoms. The fraction of sp³-hybridized carbons (Fsp3) is 0.137. The maximum Gasteiger partial charge on any atom is 0.142 e. The van der Waals surface area contributed by atoms with E-state index in [0.29, 0.717) is 0 Å². The second kappa shape index (κ2) is 11.1. The van der Waals surface area contributed by atoms with Crippen LogP contribution in [-0.4, -0.2) is 6.66 Å². The Morgan fingerprint density at radius 1 is 0.382 bits per heavy atom. The molecule has 11 rings (SSSR count). The van der Waals surface area contributed by atoms with Gasteiger partial charge in [-0.3, -0.25) is 0 Å². The number of para-hydroxylation sites is 4. The lowest BCUT2D eigenvalue weighted by molar-refractivity contribution is 0.591. The molecule has 3 nitrogen and oxygen atoms in total. The van der Waals surface area contributed by atoms with Crippen LogP contribution in [0.3, 0.4) is 0 Å². The number of hydrogen-bond acceptors (Lipinski definition) is 3. The minimum absolute atomic E-state index is 0.175. The van der Waals surface area contributed by atoms with Crippen LogP contribution in [0.25, 0.3) is 32.7 Å². The van der Waals surface area contributed by atoms with Gasteiger partial charge in [-0.25, -0.2) is 0 Å². The van der Waals surface area contributed by atoms with E-state index < -0.39 is 7.14 Å². The Morgan fingerprint density at radius 3 is 0.982 bits per heavy atom. The summed E-state index contributed by atoms with van der Waals surface area (Å²) < 4.78 is 15.8. The zero-order valence-electron chi connectivity index (χ0n) is 31.8. The summed E-state index contributed by atoms with van der Waals surface area (Å²) in [6.07, 6.45) is 0. The van der Waals surface area contributed by atoms with Gasteiger partial charge >= 0.3 is 0 Å². The molecule has 0 N–H and O–H groups in total. The van der Waals surface area contributed by atoms with Gasteiger partial charge in [0, 0.05) is 32.2 Å². The average molecular weight is 729 g/mol. The minimum Gasteiger partial charge on any atom is -0.314 e. The largest absolute Gasteiger partial charge is 0.314 e. The van der Waals surface area contributed by atoms with Crippen LogP contribution in [0.2, 0.25) is 0 Å². The van der Waals surface area contributed by atoms with Crippen molar-refractivity contribution >= 4 is 73.4 Å². The maximum absolute atomic E-state index is 15.8. The predicted molar refractivity (Wildman–Crippen MR) is 233 cm³/mol. The molecule has 8 aromatic rings. The molecule has 8 aromatic carbocycles. The first kappa shape index (κ1) is 32.5. The lowest BCUT2D eigenvalue weighted by Gasteiger charge is -2.42. The summed E-state index contributed by atoms with van der Waals surface area (Å²) in [5.41, 5.74) is 13.8. The molecule has 0 bridgehead atoms. The standard InChI is InChI=1S/C51H41N2OP/c1-50(2)38-22-10-14-26-42(38)52(43-27-15-11-23-39(43)50)46-30-36-37-31-47(53-44-28-16-12-24-40(44)51(3,4)41-25-13-17-29-45(41)53)33-19-7-9-21-35(33)49(37)55(5,54)48(36)34-20-8-6-18-32(34)46/h6-31H,1-5H3. The molecule has 0 radical (unpaired) electrons. The molecule has 266 valence electrons. The highest BCUT2D eigenvalue weighted by Crippen LogP contribution is 2.60. The van der Waals surface area contributed by atoms with Gasteiger partial charge in [0.2, 0.25) is 0 Å². The number of anilines is 6. The Kier molecular flexibility index (Phi) is 6.56. The van der Waals surface area contributed by atoms with Crippen molar-refractivity contribution in [2.75, 3.05) is 16.5 Å². The first-order chi connectivity index (χ1) is 26.6. The van der Waals surface area contributed by atoms with E-state index in [1.807, 2.05) is 6.66 Å². The Bertz CT molecular complexity index is 2710. The molecule has 0 saturated carbocycles. The summed E-state index contributed by atoms with van der Waals surface area (Å²) in [6, 6.07) is 57.3. The van der Waals surface area contributed by atoms with Gasteiger partial charge < -0.3 is 14.4 Å². The number of benzene rings is 8. The molecule has 0 amide bonds. The molecule has 0 spiro atoms. The van der Waals surface area contributed by atoms with E-state index in [2.05, 4.69) is 195 Å². The monoisotopic (exact) mass is 728 g/mol. The van der Waals surface area contributed by atoms with Gasteiger partial charge in [-0.05, 0) is 87.2 Å². The van der Waals surface area contributed by atoms with Gasteiger partial charge in [0.15, 0.2) is 0 Å². The van der Waals surface area contributed by atoms with Gasteiger partial charge in [-0.1, -0.05) is 149 Å². The van der Waals surface area contributed by atoms with Gasteiger partial charge in [0.1, 0.15) is 7.14 Å². The zero-order chi connectivity index (χ0) is 37.4. The summed E-state index contributed by atoms with van der Waals surface area (Å²) in [5, 5.41) is 6.24. The van der Waals surface area contributed by atoms with Crippen molar-refractivity contribution in [2.45, 2.75) is 38.5 Å². The number of nitrogens with zero attached hydrogens (tertiary/aromatic N) is 2. The summed E-state index contributed by atoms with van der Waals surface area (Å²) in [6.45, 7) is 11.3. The van der Waals surface area contributed by atoms with Crippen molar-refractivity contribution in [1.82, 2.24) is 0 Å². The van der Waals surface area contributed by atoms with Crippen LogP contribution in [0, 0.1) is 0 Å². The topological polar surface area (TPSA) is 23.6 Å². The molecule has 0 aromatic heterocycles. The van der Waals surface area contributed by atoms with E-state index in [4.69, 9.17) is 0 Å². The Morgan fingerprint density at radius 2 is 0.655 bits per heavy atom. The van der Waals surface area contributed by atoms with Gasteiger partial charge in [-0.2, -0.15) is 0 Å². The third-order valence-electron chi connectivity index (χ3n) is 12.9. The van der Waals surface area contributed by atoms with Crippen molar-refractivity contribution in [2.24, 2.45) is 0 Å². The van der Waals surface area contributed by atoms with Crippen LogP contribution in [0.4, 0.5) is 34.1 Å². The van der Waals surface area contributed by atoms with E-state index >= 15 is 4.57 Å². The number of hydrogen-bond donors (Lipinski definition) is 0. The minimum atomic E-state index is -3.08. The van der Waals surface area contributed by atoms with Gasteiger partial charge in [0.25, 0.3) is 0 Å². The van der Waals surface area contributed by atoms with Crippen LogP contribution in [0.5, 0.6) is 0 Å². The second-order valence-electron chi connectivity index (χ2n) is 16.6. The first-order valence-electron chi connectivity index (χ1n) is 19.3. The third kappa shape index (κ3) is 4.20. The predicted octanol–water partition coefficient (Wildman–Crippen LogP) is 13.1. The smallest absolute Gasteiger partial charge is 0.142 e. The molecule has 3 aliphatic rings. The van der Waals surface area contributed by atoms with Gasteiger partial charge in [-0.15, -0.1) is 0 Å². The fourth-order valence-corrected chi connectivity index (χ4v) is 13.2. The van der Waals surface area contributed by atoms with E-state index in [9.17, 15) is 0 Å². The van der Waals surface area contributed by atoms with E-state index in [0.717, 1.165) is 54.7 Å². The number of fused-ring (bicyclic) bond motifs is 11. The third-order valence-corrected chi connectivity index (χ3v) is 15.6. The Labute approximate surface area is 322 Å². The van der Waals surface area contributed by atoms with Crippen molar-refractivity contribution in [3.63, 3.8) is 0 Å². The molecule has 4 heteroatoms. The number of rotatable bonds is 2. The fourth-order valence-electron chi connectivity index (χ4n) is 10.4. The first-order valence-corrected chi connectivity index (χ1v) is 21.4. The molecule has 0 aliphatic carbocycles. The van der Waals surface area contributed by atoms with Crippen molar-refractivity contribution < 1.29 is 4.57 Å². The van der Waals surface area contributed by atoms with E-state index in [-0.39, 0.29) is 10.8 Å². The lowest BCUT2D eigenvalue weighted by Crippen LogP contribution is -2.30. The van der Waals surface area contributed by atoms with Crippen molar-refractivity contribution in [1.29, 1.82) is 0 Å². The summed E-state index contributed by atoms with van der Waals surface area (Å²) in [7, 11) is -3.08. The Hall–Kier alpha value is -5.89. The highest BCUT2D eigenvalue weighted by atomic mass is 31.2.